The molecular weight excluding hydrogens is 453 g/mol. The number of benzene rings is 1. The largest absolute Gasteiger partial charge is 0.546 e. The average molecular weight is 460 g/mol. The molecular formula is C14H7Cl5N2O5-2. The Kier molecular flexibility index (Phi) is 8.52. The summed E-state index contributed by atoms with van der Waals surface area (Å²) >= 11 is 27.8. The van der Waals surface area contributed by atoms with Crippen LogP contribution in [0.4, 0.5) is 5.69 Å². The molecule has 0 saturated heterocycles. The molecule has 0 fully saturated rings. The average Bonchev–Trinajstić information content (AvgIpc) is 2.55. The van der Waals surface area contributed by atoms with Gasteiger partial charge in [-0.2, -0.15) is 0 Å². The molecule has 1 heterocycles. The highest BCUT2D eigenvalue weighted by atomic mass is 35.5. The molecule has 0 amide bonds. The molecule has 7 nitrogen and oxygen atoms in total. The summed E-state index contributed by atoms with van der Waals surface area (Å²) in [5.74, 6) is -2.59. The Morgan fingerprint density at radius 1 is 1.08 bits per heavy atom. The fraction of sp³-hybridized carbons (Fsp3) is 0.0714. The lowest BCUT2D eigenvalue weighted by molar-refractivity contribution is -0.307. The number of anilines is 1. The molecule has 140 valence electrons. The first-order valence-corrected chi connectivity index (χ1v) is 8.22. The van der Waals surface area contributed by atoms with E-state index in [9.17, 15) is 19.8 Å². The lowest BCUT2D eigenvalue weighted by Crippen LogP contribution is -2.28. The quantitative estimate of drug-likeness (QED) is 0.692. The Labute approximate surface area is 172 Å². The highest BCUT2D eigenvalue weighted by Gasteiger charge is 2.14. The minimum atomic E-state index is -1.56. The van der Waals surface area contributed by atoms with Gasteiger partial charge in [-0.3, -0.25) is 0 Å². The van der Waals surface area contributed by atoms with Crippen LogP contribution in [0, 0.1) is 0 Å². The van der Waals surface area contributed by atoms with Crippen molar-refractivity contribution in [2.75, 3.05) is 12.3 Å². The maximum absolute atomic E-state index is 10.4. The van der Waals surface area contributed by atoms with E-state index in [1.54, 1.807) is 6.07 Å². The predicted molar refractivity (Wildman–Crippen MR) is 95.0 cm³/mol. The molecule has 0 atom stereocenters. The van der Waals surface area contributed by atoms with Crippen molar-refractivity contribution in [2.24, 2.45) is 0 Å². The zero-order chi connectivity index (χ0) is 20.0. The van der Waals surface area contributed by atoms with Gasteiger partial charge in [0.15, 0.2) is 5.15 Å². The first kappa shape index (κ1) is 22.4. The monoisotopic (exact) mass is 458 g/mol. The molecule has 1 aromatic heterocycles. The Morgan fingerprint density at radius 2 is 1.69 bits per heavy atom. The van der Waals surface area contributed by atoms with Gasteiger partial charge in [-0.15, -0.1) is 0 Å². The molecule has 0 aliphatic heterocycles. The Hall–Kier alpha value is -1.64. The molecule has 0 unspecified atom stereocenters. The van der Waals surface area contributed by atoms with E-state index in [0.29, 0.717) is 5.02 Å². The van der Waals surface area contributed by atoms with Crippen molar-refractivity contribution in [1.29, 1.82) is 0 Å². The Bertz CT molecular complexity index is 847. The summed E-state index contributed by atoms with van der Waals surface area (Å²) < 4.78 is 4.80. The summed E-state index contributed by atoms with van der Waals surface area (Å²) in [7, 11) is 0. The topological polar surface area (TPSA) is 128 Å². The summed E-state index contributed by atoms with van der Waals surface area (Å²) in [4.78, 5) is 23.9. The summed E-state index contributed by atoms with van der Waals surface area (Å²) in [6.07, 6.45) is 0. The van der Waals surface area contributed by atoms with Gasteiger partial charge in [-0.25, -0.2) is 4.98 Å². The Balaban J connectivity index is 0.000000260. The summed E-state index contributed by atoms with van der Waals surface area (Å²) in [5.41, 5.74) is 4.70. The SMILES string of the molecule is Nc1c(Cl)c(Cl)nc(C(=O)[O-])c1Cl.O=C([O-])COc1ccc(Cl)cc1Cl. The van der Waals surface area contributed by atoms with Crippen LogP contribution in [0.25, 0.3) is 0 Å². The number of nitrogen functional groups attached to an aromatic ring is 1. The van der Waals surface area contributed by atoms with Crippen molar-refractivity contribution in [3.05, 3.63) is 49.1 Å². The molecule has 1 aromatic carbocycles. The summed E-state index contributed by atoms with van der Waals surface area (Å²) in [6.45, 7) is -0.526. The number of aromatic carboxylic acids is 1. The number of ether oxygens (including phenoxy) is 1. The molecule has 0 bridgehead atoms. The van der Waals surface area contributed by atoms with Gasteiger partial charge in [-0.1, -0.05) is 58.0 Å². The van der Waals surface area contributed by atoms with Crippen molar-refractivity contribution in [2.45, 2.75) is 0 Å². The van der Waals surface area contributed by atoms with Gasteiger partial charge in [0.1, 0.15) is 23.1 Å². The van der Waals surface area contributed by atoms with Gasteiger partial charge in [0.05, 0.1) is 27.7 Å². The normalized spacial score (nSPS) is 9.88. The number of carboxylic acid groups (broad SMARTS) is 2. The minimum Gasteiger partial charge on any atom is -0.546 e. The lowest BCUT2D eigenvalue weighted by atomic mass is 10.3. The smallest absolute Gasteiger partial charge is 0.150 e. The van der Waals surface area contributed by atoms with Crippen LogP contribution in [0.5, 0.6) is 5.75 Å². The standard InChI is InChI=1S/C8H6Cl2O3.C6H3Cl3N2O2/c9-5-1-2-7(6(10)3-5)13-4-8(11)12;7-1-3(10)2(8)5(9)11-4(1)6(12)13/h1-3H,4H2,(H,11,12);(H2,10,11)(H,12,13)/p-2. The molecule has 2 aromatic rings. The van der Waals surface area contributed by atoms with Crippen LogP contribution in [-0.2, 0) is 4.79 Å². The molecule has 0 aliphatic carbocycles. The van der Waals surface area contributed by atoms with Crippen LogP contribution >= 0.6 is 58.0 Å². The molecule has 2 N–H and O–H groups in total. The third-order valence-corrected chi connectivity index (χ3v) is 4.17. The number of carboxylic acids is 2. The second-order valence-electron chi connectivity index (χ2n) is 4.32. The van der Waals surface area contributed by atoms with Crippen LogP contribution in [0.1, 0.15) is 10.5 Å². The number of halogens is 5. The number of nitrogens with two attached hydrogens (primary N) is 1. The van der Waals surface area contributed by atoms with Crippen LogP contribution in [0.3, 0.4) is 0 Å². The second-order valence-corrected chi connectivity index (χ2v) is 6.27. The van der Waals surface area contributed by atoms with E-state index < -0.39 is 24.2 Å². The van der Waals surface area contributed by atoms with Gasteiger partial charge >= 0.3 is 0 Å². The van der Waals surface area contributed by atoms with Crippen LogP contribution in [-0.4, -0.2) is 23.5 Å². The second kappa shape index (κ2) is 9.89. The number of aliphatic carboxylic acids is 1. The third kappa shape index (κ3) is 6.26. The van der Waals surface area contributed by atoms with E-state index in [2.05, 4.69) is 4.98 Å². The van der Waals surface area contributed by atoms with Crippen molar-refractivity contribution >= 4 is 75.6 Å². The Morgan fingerprint density at radius 3 is 2.19 bits per heavy atom. The predicted octanol–water partition coefficient (Wildman–Crippen LogP) is 2.11. The van der Waals surface area contributed by atoms with Crippen LogP contribution < -0.4 is 20.7 Å². The van der Waals surface area contributed by atoms with Gasteiger partial charge in [0.2, 0.25) is 0 Å². The minimum absolute atomic E-state index is 0.0725. The zero-order valence-corrected chi connectivity index (χ0v) is 16.2. The molecule has 26 heavy (non-hydrogen) atoms. The molecule has 2 rings (SSSR count). The van der Waals surface area contributed by atoms with E-state index in [-0.39, 0.29) is 31.7 Å². The first-order chi connectivity index (χ1) is 12.0. The maximum atomic E-state index is 10.4. The fourth-order valence-corrected chi connectivity index (χ4v) is 2.44. The van der Waals surface area contributed by atoms with E-state index in [0.717, 1.165) is 0 Å². The first-order valence-electron chi connectivity index (χ1n) is 6.33. The van der Waals surface area contributed by atoms with Crippen LogP contribution in [0.2, 0.25) is 25.2 Å². The maximum Gasteiger partial charge on any atom is 0.150 e. The van der Waals surface area contributed by atoms with Crippen molar-refractivity contribution in [3.63, 3.8) is 0 Å². The lowest BCUT2D eigenvalue weighted by Gasteiger charge is -2.08. The number of carbonyl (C=O) groups is 2. The van der Waals surface area contributed by atoms with E-state index in [4.69, 9.17) is 68.5 Å². The van der Waals surface area contributed by atoms with Crippen molar-refractivity contribution in [3.8, 4) is 5.75 Å². The zero-order valence-electron chi connectivity index (χ0n) is 12.4. The molecule has 0 aliphatic rings. The fourth-order valence-electron chi connectivity index (χ4n) is 1.40. The van der Waals surface area contributed by atoms with Gasteiger partial charge < -0.3 is 30.3 Å². The number of hydrogen-bond donors (Lipinski definition) is 1. The molecule has 0 saturated carbocycles. The number of pyridine rings is 1. The number of rotatable bonds is 4. The highest BCUT2D eigenvalue weighted by molar-refractivity contribution is 6.46. The number of aromatic nitrogens is 1. The third-order valence-electron chi connectivity index (χ3n) is 2.50. The number of carbonyl (C=O) groups excluding carboxylic acids is 2. The van der Waals surface area contributed by atoms with Crippen molar-refractivity contribution < 1.29 is 24.5 Å². The van der Waals surface area contributed by atoms with Crippen LogP contribution in [0.15, 0.2) is 18.2 Å². The molecule has 0 spiro atoms. The van der Waals surface area contributed by atoms with Crippen molar-refractivity contribution in [1.82, 2.24) is 4.98 Å². The summed E-state index contributed by atoms with van der Waals surface area (Å²) in [5, 5.41) is 20.6. The van der Waals surface area contributed by atoms with Gasteiger partial charge in [0, 0.05) is 5.02 Å². The summed E-state index contributed by atoms with van der Waals surface area (Å²) in [6, 6.07) is 4.51. The molecule has 12 heteroatoms. The van der Waals surface area contributed by atoms with E-state index in [1.807, 2.05) is 0 Å². The van der Waals surface area contributed by atoms with Gasteiger partial charge in [0.25, 0.3) is 0 Å². The van der Waals surface area contributed by atoms with Gasteiger partial charge in [-0.05, 0) is 18.2 Å². The number of hydrogen-bond acceptors (Lipinski definition) is 7. The van der Waals surface area contributed by atoms with E-state index in [1.165, 1.54) is 12.1 Å². The molecule has 0 radical (unpaired) electrons. The number of nitrogens with zero attached hydrogens (tertiary/aromatic N) is 1. The van der Waals surface area contributed by atoms with E-state index >= 15 is 0 Å². The highest BCUT2D eigenvalue weighted by Crippen LogP contribution is 2.33.